The van der Waals surface area contributed by atoms with Crippen LogP contribution < -0.4 is 0 Å². The summed E-state index contributed by atoms with van der Waals surface area (Å²) in [5, 5.41) is -0.600. The average molecular weight is 270 g/mol. The predicted octanol–water partition coefficient (Wildman–Crippen LogP) is 3.19. The molecule has 0 radical (unpaired) electrons. The van der Waals surface area contributed by atoms with E-state index in [1.165, 1.54) is 24.3 Å². The molecular formula is C14H19FO2S. The van der Waals surface area contributed by atoms with E-state index in [4.69, 9.17) is 0 Å². The molecule has 0 fully saturated rings. The number of Topliss-reactive ketones (excluding diaryl/α,β-unsaturated/α-hetero) is 1. The number of hydrogen-bond acceptors (Lipinski definition) is 2. The molecule has 3 atom stereocenters. The number of carbonyl (C=O) groups excluding carboxylic acids is 1. The molecule has 0 saturated carbocycles. The maximum atomic E-state index is 12.8. The van der Waals surface area contributed by atoms with E-state index in [9.17, 15) is 13.4 Å². The van der Waals surface area contributed by atoms with Crippen LogP contribution in [0.15, 0.2) is 24.3 Å². The first kappa shape index (κ1) is 15.0. The number of ketones is 1. The zero-order valence-corrected chi connectivity index (χ0v) is 12.0. The topological polar surface area (TPSA) is 34.1 Å². The molecule has 1 aromatic rings. The fourth-order valence-corrected chi connectivity index (χ4v) is 3.07. The molecule has 1 rings (SSSR count). The van der Waals surface area contributed by atoms with E-state index >= 15 is 0 Å². The van der Waals surface area contributed by atoms with E-state index < -0.39 is 16.0 Å². The van der Waals surface area contributed by atoms with Gasteiger partial charge < -0.3 is 0 Å². The zero-order chi connectivity index (χ0) is 13.9. The highest BCUT2D eigenvalue weighted by atomic mass is 32.2. The first-order chi connectivity index (χ1) is 8.34. The molecule has 0 spiro atoms. The minimum Gasteiger partial charge on any atom is -0.293 e. The lowest BCUT2D eigenvalue weighted by molar-refractivity contribution is 0.0992. The molecule has 4 heteroatoms. The van der Waals surface area contributed by atoms with Crippen molar-refractivity contribution >= 4 is 16.6 Å². The van der Waals surface area contributed by atoms with Crippen molar-refractivity contribution in [2.24, 2.45) is 5.92 Å². The van der Waals surface area contributed by atoms with Crippen molar-refractivity contribution in [3.8, 4) is 0 Å². The van der Waals surface area contributed by atoms with Crippen LogP contribution >= 0.6 is 0 Å². The van der Waals surface area contributed by atoms with Gasteiger partial charge in [-0.3, -0.25) is 9.00 Å². The summed E-state index contributed by atoms with van der Waals surface area (Å²) in [6.07, 6.45) is 0. The second-order valence-electron chi connectivity index (χ2n) is 4.79. The van der Waals surface area contributed by atoms with E-state index in [1.807, 2.05) is 20.8 Å². The first-order valence-corrected chi connectivity index (χ1v) is 7.31. The van der Waals surface area contributed by atoms with Crippen molar-refractivity contribution in [3.63, 3.8) is 0 Å². The van der Waals surface area contributed by atoms with Crippen molar-refractivity contribution in [1.82, 2.24) is 0 Å². The number of carbonyl (C=O) groups is 1. The molecule has 3 unspecified atom stereocenters. The number of rotatable bonds is 5. The van der Waals surface area contributed by atoms with E-state index in [2.05, 4.69) is 0 Å². The zero-order valence-electron chi connectivity index (χ0n) is 11.1. The molecule has 0 aliphatic heterocycles. The lowest BCUT2D eigenvalue weighted by Gasteiger charge is -2.19. The Bertz CT molecular complexity index is 440. The fraction of sp³-hybridized carbons (Fsp3) is 0.500. The molecule has 0 N–H and O–H groups in total. The van der Waals surface area contributed by atoms with Gasteiger partial charge in [0, 0.05) is 21.6 Å². The third-order valence-electron chi connectivity index (χ3n) is 3.15. The molecule has 0 amide bonds. The highest BCUT2D eigenvalue weighted by Crippen LogP contribution is 2.16. The highest BCUT2D eigenvalue weighted by molar-refractivity contribution is 7.87. The molecular weight excluding hydrogens is 251 g/mol. The summed E-state index contributed by atoms with van der Waals surface area (Å²) in [6, 6.07) is 5.36. The lowest BCUT2D eigenvalue weighted by Crippen LogP contribution is -2.31. The van der Waals surface area contributed by atoms with Crippen LogP contribution in [0.25, 0.3) is 0 Å². The summed E-state index contributed by atoms with van der Waals surface area (Å²) in [6.45, 7) is 7.52. The average Bonchev–Trinajstić information content (AvgIpc) is 2.36. The van der Waals surface area contributed by atoms with Gasteiger partial charge in [0.15, 0.2) is 5.78 Å². The Morgan fingerprint density at radius 2 is 1.61 bits per heavy atom. The molecule has 0 saturated heterocycles. The molecule has 18 heavy (non-hydrogen) atoms. The van der Waals surface area contributed by atoms with Crippen LogP contribution in [-0.4, -0.2) is 20.5 Å². The summed E-state index contributed by atoms with van der Waals surface area (Å²) in [7, 11) is -1.22. The van der Waals surface area contributed by atoms with E-state index in [-0.39, 0.29) is 22.8 Å². The highest BCUT2D eigenvalue weighted by Gasteiger charge is 2.26. The van der Waals surface area contributed by atoms with Crippen molar-refractivity contribution < 1.29 is 13.4 Å². The number of hydrogen-bond donors (Lipinski definition) is 0. The van der Waals surface area contributed by atoms with Gasteiger partial charge in [-0.2, -0.15) is 0 Å². The van der Waals surface area contributed by atoms with Gasteiger partial charge in [-0.1, -0.05) is 20.8 Å². The fourth-order valence-electron chi connectivity index (χ4n) is 1.54. The Morgan fingerprint density at radius 3 is 2.06 bits per heavy atom. The summed E-state index contributed by atoms with van der Waals surface area (Å²) < 4.78 is 25.0. The standard InChI is InChI=1S/C14H19FO2S/c1-9(2)10(3)18(17)11(4)14(16)12-5-7-13(15)8-6-12/h5-11H,1-4H3. The molecule has 0 bridgehead atoms. The molecule has 0 aliphatic carbocycles. The van der Waals surface area contributed by atoms with Gasteiger partial charge in [0.05, 0.1) is 5.25 Å². The number of halogens is 1. The van der Waals surface area contributed by atoms with Gasteiger partial charge in [-0.05, 0) is 37.1 Å². The van der Waals surface area contributed by atoms with E-state index in [0.29, 0.717) is 5.56 Å². The molecule has 0 aliphatic rings. The van der Waals surface area contributed by atoms with Crippen LogP contribution in [0.2, 0.25) is 0 Å². The number of benzene rings is 1. The monoisotopic (exact) mass is 270 g/mol. The Labute approximate surface area is 110 Å². The third kappa shape index (κ3) is 3.48. The van der Waals surface area contributed by atoms with Gasteiger partial charge in [0.1, 0.15) is 5.82 Å². The van der Waals surface area contributed by atoms with Gasteiger partial charge >= 0.3 is 0 Å². The van der Waals surface area contributed by atoms with Crippen LogP contribution in [0.5, 0.6) is 0 Å². The summed E-state index contributed by atoms with van der Waals surface area (Å²) in [5.41, 5.74) is 0.410. The van der Waals surface area contributed by atoms with Crippen molar-refractivity contribution in [1.29, 1.82) is 0 Å². The molecule has 1 aromatic carbocycles. The summed E-state index contributed by atoms with van der Waals surface area (Å²) >= 11 is 0. The minimum atomic E-state index is -1.22. The summed E-state index contributed by atoms with van der Waals surface area (Å²) in [4.78, 5) is 12.1. The quantitative estimate of drug-likeness (QED) is 0.770. The van der Waals surface area contributed by atoms with Crippen molar-refractivity contribution in [3.05, 3.63) is 35.6 Å². The van der Waals surface area contributed by atoms with Crippen molar-refractivity contribution in [2.75, 3.05) is 0 Å². The van der Waals surface area contributed by atoms with Crippen molar-refractivity contribution in [2.45, 2.75) is 38.2 Å². The van der Waals surface area contributed by atoms with Crippen LogP contribution in [0.3, 0.4) is 0 Å². The van der Waals surface area contributed by atoms with Gasteiger partial charge in [-0.15, -0.1) is 0 Å². The van der Waals surface area contributed by atoms with Gasteiger partial charge in [0.25, 0.3) is 0 Å². The van der Waals surface area contributed by atoms with Crippen LogP contribution in [0.4, 0.5) is 4.39 Å². The SMILES string of the molecule is CC(C)C(C)S(=O)C(C)C(=O)c1ccc(F)cc1. The smallest absolute Gasteiger partial charge is 0.178 e. The van der Waals surface area contributed by atoms with Crippen LogP contribution in [0, 0.1) is 11.7 Å². The maximum Gasteiger partial charge on any atom is 0.178 e. The minimum absolute atomic E-state index is 0.0376. The van der Waals surface area contributed by atoms with Gasteiger partial charge in [0.2, 0.25) is 0 Å². The Balaban J connectivity index is 2.84. The maximum absolute atomic E-state index is 12.8. The molecule has 100 valence electrons. The Kier molecular flexibility index (Phi) is 5.20. The largest absolute Gasteiger partial charge is 0.293 e. The Hall–Kier alpha value is -1.03. The second-order valence-corrected chi connectivity index (χ2v) is 6.90. The van der Waals surface area contributed by atoms with E-state index in [1.54, 1.807) is 6.92 Å². The normalized spacial score (nSPS) is 16.3. The third-order valence-corrected chi connectivity index (χ3v) is 5.34. The summed E-state index contributed by atoms with van der Waals surface area (Å²) in [5.74, 6) is -0.314. The molecule has 0 heterocycles. The lowest BCUT2D eigenvalue weighted by atomic mass is 10.1. The van der Waals surface area contributed by atoms with Crippen LogP contribution in [-0.2, 0) is 10.8 Å². The Morgan fingerprint density at radius 1 is 1.11 bits per heavy atom. The van der Waals surface area contributed by atoms with Gasteiger partial charge in [-0.25, -0.2) is 4.39 Å². The predicted molar refractivity (Wildman–Crippen MR) is 72.6 cm³/mol. The van der Waals surface area contributed by atoms with E-state index in [0.717, 1.165) is 0 Å². The molecule has 0 aromatic heterocycles. The van der Waals surface area contributed by atoms with Crippen LogP contribution in [0.1, 0.15) is 38.1 Å². The second kappa shape index (κ2) is 6.23. The first-order valence-electron chi connectivity index (χ1n) is 6.03. The molecule has 2 nitrogen and oxygen atoms in total.